The lowest BCUT2D eigenvalue weighted by molar-refractivity contribution is 0.0332. The fourth-order valence-corrected chi connectivity index (χ4v) is 3.83. The fraction of sp³-hybridized carbons (Fsp3) is 0.409. The molecule has 0 spiro atoms. The number of halogens is 1. The van der Waals surface area contributed by atoms with Crippen LogP contribution in [0.5, 0.6) is 0 Å². The van der Waals surface area contributed by atoms with E-state index >= 15 is 0 Å². The van der Waals surface area contributed by atoms with Crippen LogP contribution in [-0.2, 0) is 11.3 Å². The average Bonchev–Trinajstić information content (AvgIpc) is 3.10. The molecule has 1 aliphatic rings. The minimum absolute atomic E-state index is 0.0338. The van der Waals surface area contributed by atoms with Crippen LogP contribution in [0.2, 0.25) is 0 Å². The summed E-state index contributed by atoms with van der Waals surface area (Å²) in [6, 6.07) is 15.1. The summed E-state index contributed by atoms with van der Waals surface area (Å²) in [4.78, 5) is 14.5. The molecular weight excluding hydrogens is 345 g/mol. The topological polar surface area (TPSA) is 49.8 Å². The number of likely N-dealkylation sites (tertiary alicyclic amines) is 1. The summed E-state index contributed by atoms with van der Waals surface area (Å²) < 4.78 is 19.1. The second-order valence-corrected chi connectivity index (χ2v) is 7.03. The van der Waals surface area contributed by atoms with Crippen LogP contribution in [0.1, 0.15) is 49.8 Å². The summed E-state index contributed by atoms with van der Waals surface area (Å²) in [5.74, 6) is -0.396. The third kappa shape index (κ3) is 4.66. The molecule has 1 fully saturated rings. The highest BCUT2D eigenvalue weighted by Crippen LogP contribution is 2.35. The highest BCUT2D eigenvalue weighted by molar-refractivity contribution is 5.69. The van der Waals surface area contributed by atoms with Crippen LogP contribution in [-0.4, -0.2) is 28.2 Å². The Kier molecular flexibility index (Phi) is 6.45. The van der Waals surface area contributed by atoms with E-state index in [0.717, 1.165) is 24.8 Å². The van der Waals surface area contributed by atoms with Crippen molar-refractivity contribution in [2.75, 3.05) is 0 Å². The van der Waals surface area contributed by atoms with Gasteiger partial charge in [0, 0.05) is 6.04 Å². The lowest BCUT2D eigenvalue weighted by atomic mass is 10.0. The Labute approximate surface area is 159 Å². The van der Waals surface area contributed by atoms with Gasteiger partial charge < -0.3 is 9.84 Å². The molecule has 1 heterocycles. The number of carbonyl (C=O) groups excluding carboxylic acids is 1. The summed E-state index contributed by atoms with van der Waals surface area (Å²) >= 11 is 0. The number of amides is 1. The molecule has 0 aliphatic carbocycles. The molecule has 0 unspecified atom stereocenters. The lowest BCUT2D eigenvalue weighted by Gasteiger charge is -2.32. The number of benzene rings is 2. The normalized spacial score (nSPS) is 20.5. The molecule has 27 heavy (non-hydrogen) atoms. The molecule has 3 rings (SSSR count). The zero-order valence-electron chi connectivity index (χ0n) is 15.6. The maximum absolute atomic E-state index is 13.6. The molecule has 0 radical (unpaired) electrons. The number of rotatable bonds is 6. The molecule has 1 N–H and O–H groups in total. The first-order chi connectivity index (χ1) is 13.1. The Hall–Kier alpha value is -2.40. The number of aliphatic hydroxyl groups excluding tert-OH is 1. The first-order valence-electron chi connectivity index (χ1n) is 9.52. The molecule has 1 aliphatic heterocycles. The van der Waals surface area contributed by atoms with Gasteiger partial charge in [0.05, 0.1) is 12.1 Å². The van der Waals surface area contributed by atoms with Crippen molar-refractivity contribution in [1.82, 2.24) is 4.90 Å². The van der Waals surface area contributed by atoms with Crippen molar-refractivity contribution in [2.45, 2.75) is 57.4 Å². The van der Waals surface area contributed by atoms with Crippen LogP contribution in [0.15, 0.2) is 54.6 Å². The van der Waals surface area contributed by atoms with E-state index in [9.17, 15) is 14.3 Å². The quantitative estimate of drug-likeness (QED) is 0.791. The zero-order chi connectivity index (χ0) is 19.2. The SMILES string of the molecule is CCC[C@@H]1CC[C@H]([C@@H](O)c2cccc(F)c2)N1C(=O)OCc1ccccc1. The smallest absolute Gasteiger partial charge is 0.410 e. The Bertz CT molecular complexity index is 752. The van der Waals surface area contributed by atoms with Crippen LogP contribution >= 0.6 is 0 Å². The van der Waals surface area contributed by atoms with E-state index < -0.39 is 24.1 Å². The number of hydrogen-bond donors (Lipinski definition) is 1. The first kappa shape index (κ1) is 19.4. The molecule has 3 atom stereocenters. The predicted octanol–water partition coefficient (Wildman–Crippen LogP) is 4.83. The molecule has 0 saturated carbocycles. The molecule has 1 amide bonds. The lowest BCUT2D eigenvalue weighted by Crippen LogP contribution is -2.44. The minimum atomic E-state index is -0.938. The molecule has 144 valence electrons. The largest absolute Gasteiger partial charge is 0.445 e. The number of aliphatic hydroxyl groups is 1. The van der Waals surface area contributed by atoms with Crippen molar-refractivity contribution in [2.24, 2.45) is 0 Å². The molecule has 0 bridgehead atoms. The molecule has 2 aromatic rings. The van der Waals surface area contributed by atoms with Gasteiger partial charge in [-0.3, -0.25) is 4.90 Å². The Morgan fingerprint density at radius 2 is 2.00 bits per heavy atom. The molecule has 2 aromatic carbocycles. The monoisotopic (exact) mass is 371 g/mol. The standard InChI is InChI=1S/C22H26FNO3/c1-2-7-19-12-13-20(21(25)17-10-6-11-18(23)14-17)24(19)22(26)27-15-16-8-4-3-5-9-16/h3-6,8-11,14,19-21,25H,2,7,12-13,15H2,1H3/t19-,20-,21+/m1/s1. The number of hydrogen-bond acceptors (Lipinski definition) is 3. The summed E-state index contributed by atoms with van der Waals surface area (Å²) in [7, 11) is 0. The van der Waals surface area contributed by atoms with Gasteiger partial charge in [-0.25, -0.2) is 9.18 Å². The second-order valence-electron chi connectivity index (χ2n) is 7.03. The summed E-state index contributed by atoms with van der Waals surface area (Å²) in [6.45, 7) is 2.27. The maximum Gasteiger partial charge on any atom is 0.410 e. The zero-order valence-corrected chi connectivity index (χ0v) is 15.6. The van der Waals surface area contributed by atoms with E-state index in [1.165, 1.54) is 12.1 Å². The van der Waals surface area contributed by atoms with E-state index in [0.29, 0.717) is 12.0 Å². The van der Waals surface area contributed by atoms with E-state index in [1.807, 2.05) is 30.3 Å². The fourth-order valence-electron chi connectivity index (χ4n) is 3.83. The third-order valence-corrected chi connectivity index (χ3v) is 5.14. The highest BCUT2D eigenvalue weighted by atomic mass is 19.1. The van der Waals surface area contributed by atoms with Gasteiger partial charge in [-0.1, -0.05) is 55.8 Å². The maximum atomic E-state index is 13.6. The van der Waals surface area contributed by atoms with Gasteiger partial charge in [-0.2, -0.15) is 0 Å². The van der Waals surface area contributed by atoms with Crippen molar-refractivity contribution in [3.8, 4) is 0 Å². The van der Waals surface area contributed by atoms with Crippen molar-refractivity contribution >= 4 is 6.09 Å². The molecule has 5 heteroatoms. The van der Waals surface area contributed by atoms with Gasteiger partial charge in [0.25, 0.3) is 0 Å². The van der Waals surface area contributed by atoms with Crippen molar-refractivity contribution < 1.29 is 19.0 Å². The van der Waals surface area contributed by atoms with Gasteiger partial charge in [0.1, 0.15) is 12.4 Å². The molecule has 4 nitrogen and oxygen atoms in total. The summed E-state index contributed by atoms with van der Waals surface area (Å²) in [5.41, 5.74) is 1.40. The van der Waals surface area contributed by atoms with E-state index in [2.05, 4.69) is 6.92 Å². The van der Waals surface area contributed by atoms with Crippen molar-refractivity contribution in [1.29, 1.82) is 0 Å². The first-order valence-corrected chi connectivity index (χ1v) is 9.52. The number of ether oxygens (including phenoxy) is 1. The number of carbonyl (C=O) groups is 1. The molecular formula is C22H26FNO3. The average molecular weight is 371 g/mol. The van der Waals surface area contributed by atoms with Crippen LogP contribution < -0.4 is 0 Å². The summed E-state index contributed by atoms with van der Waals surface area (Å²) in [5, 5.41) is 10.8. The Morgan fingerprint density at radius 1 is 1.22 bits per heavy atom. The van der Waals surface area contributed by atoms with E-state index in [-0.39, 0.29) is 12.6 Å². The predicted molar refractivity (Wildman–Crippen MR) is 102 cm³/mol. The van der Waals surface area contributed by atoms with Crippen LogP contribution in [0.4, 0.5) is 9.18 Å². The van der Waals surface area contributed by atoms with Crippen LogP contribution in [0, 0.1) is 5.82 Å². The van der Waals surface area contributed by atoms with Crippen molar-refractivity contribution in [3.05, 3.63) is 71.5 Å². The second kappa shape index (κ2) is 9.00. The highest BCUT2D eigenvalue weighted by Gasteiger charge is 2.41. The van der Waals surface area contributed by atoms with Gasteiger partial charge in [0.2, 0.25) is 0 Å². The van der Waals surface area contributed by atoms with Gasteiger partial charge in [-0.05, 0) is 42.5 Å². The third-order valence-electron chi connectivity index (χ3n) is 5.14. The van der Waals surface area contributed by atoms with E-state index in [1.54, 1.807) is 17.0 Å². The van der Waals surface area contributed by atoms with Crippen LogP contribution in [0.3, 0.4) is 0 Å². The Morgan fingerprint density at radius 3 is 2.70 bits per heavy atom. The molecule has 1 saturated heterocycles. The van der Waals surface area contributed by atoms with Crippen molar-refractivity contribution in [3.63, 3.8) is 0 Å². The molecule has 0 aromatic heterocycles. The minimum Gasteiger partial charge on any atom is -0.445 e. The van der Waals surface area contributed by atoms with E-state index in [4.69, 9.17) is 4.74 Å². The van der Waals surface area contributed by atoms with Gasteiger partial charge in [-0.15, -0.1) is 0 Å². The van der Waals surface area contributed by atoms with Gasteiger partial charge >= 0.3 is 6.09 Å². The van der Waals surface area contributed by atoms with Gasteiger partial charge in [0.15, 0.2) is 0 Å². The van der Waals surface area contributed by atoms with Crippen LogP contribution in [0.25, 0.3) is 0 Å². The number of nitrogens with zero attached hydrogens (tertiary/aromatic N) is 1. The Balaban J connectivity index is 1.75. The summed E-state index contributed by atoms with van der Waals surface area (Å²) in [6.07, 6.45) is 1.92.